The van der Waals surface area contributed by atoms with Gasteiger partial charge in [0.1, 0.15) is 0 Å². The summed E-state index contributed by atoms with van der Waals surface area (Å²) in [6.07, 6.45) is 5.18. The highest BCUT2D eigenvalue weighted by atomic mass is 16.2. The van der Waals surface area contributed by atoms with E-state index in [-0.39, 0.29) is 29.3 Å². The number of piperidine rings is 1. The van der Waals surface area contributed by atoms with E-state index in [1.54, 1.807) is 12.4 Å². The van der Waals surface area contributed by atoms with Gasteiger partial charge in [0, 0.05) is 57.6 Å². The molecule has 3 aliphatic rings. The van der Waals surface area contributed by atoms with Crippen LogP contribution in [0.4, 0.5) is 10.7 Å². The lowest BCUT2D eigenvalue weighted by Crippen LogP contribution is -2.59. The number of carbonyl (C=O) groups is 2. The van der Waals surface area contributed by atoms with Gasteiger partial charge in [-0.1, -0.05) is 13.8 Å². The van der Waals surface area contributed by atoms with Crippen molar-refractivity contribution >= 4 is 17.9 Å². The summed E-state index contributed by atoms with van der Waals surface area (Å²) in [6, 6.07) is 1.83. The van der Waals surface area contributed by atoms with Crippen molar-refractivity contribution in [1.29, 1.82) is 0 Å². The molecule has 0 aliphatic carbocycles. The summed E-state index contributed by atoms with van der Waals surface area (Å²) in [5, 5.41) is 3.02. The molecule has 0 bridgehead atoms. The van der Waals surface area contributed by atoms with Crippen LogP contribution in [-0.2, 0) is 4.79 Å². The molecule has 1 aromatic rings. The fourth-order valence-corrected chi connectivity index (χ4v) is 5.45. The maximum atomic E-state index is 13.2. The summed E-state index contributed by atoms with van der Waals surface area (Å²) >= 11 is 0. The lowest BCUT2D eigenvalue weighted by atomic mass is 9.75. The van der Waals surface area contributed by atoms with Crippen LogP contribution < -0.4 is 10.2 Å². The minimum atomic E-state index is -0.158. The smallest absolute Gasteiger partial charge is 0.317 e. The number of likely N-dealkylation sites (tertiary alicyclic amines) is 2. The van der Waals surface area contributed by atoms with E-state index in [0.29, 0.717) is 38.0 Å². The lowest BCUT2D eigenvalue weighted by Gasteiger charge is -2.47. The molecule has 3 aliphatic heterocycles. The monoisotopic (exact) mass is 400 g/mol. The Bertz CT molecular complexity index is 747. The van der Waals surface area contributed by atoms with Gasteiger partial charge < -0.3 is 20.0 Å². The van der Waals surface area contributed by atoms with E-state index in [1.165, 1.54) is 0 Å². The second-order valence-electron chi connectivity index (χ2n) is 8.92. The molecule has 0 unspecified atom stereocenters. The van der Waals surface area contributed by atoms with Crippen molar-refractivity contribution in [1.82, 2.24) is 25.1 Å². The number of fused-ring (bicyclic) bond motifs is 2. The summed E-state index contributed by atoms with van der Waals surface area (Å²) in [4.78, 5) is 40.7. The number of carbonyl (C=O) groups excluding carboxylic acids is 2. The molecule has 29 heavy (non-hydrogen) atoms. The highest BCUT2D eigenvalue weighted by Gasteiger charge is 2.61. The zero-order chi connectivity index (χ0) is 20.6. The zero-order valence-corrected chi connectivity index (χ0v) is 17.7. The Kier molecular flexibility index (Phi) is 5.36. The highest BCUT2D eigenvalue weighted by Crippen LogP contribution is 2.49. The predicted octanol–water partition coefficient (Wildman–Crippen LogP) is 1.59. The van der Waals surface area contributed by atoms with Gasteiger partial charge in [-0.25, -0.2) is 14.8 Å². The van der Waals surface area contributed by atoms with Crippen LogP contribution in [0.2, 0.25) is 0 Å². The molecule has 158 valence electrons. The molecule has 4 heterocycles. The van der Waals surface area contributed by atoms with Gasteiger partial charge >= 0.3 is 6.03 Å². The Morgan fingerprint density at radius 3 is 2.55 bits per heavy atom. The highest BCUT2D eigenvalue weighted by molar-refractivity contribution is 5.85. The van der Waals surface area contributed by atoms with Crippen molar-refractivity contribution in [2.75, 3.05) is 44.2 Å². The molecular formula is C21H32N6O2. The molecule has 1 spiro atoms. The first-order chi connectivity index (χ1) is 14.0. The molecule has 1 aromatic heterocycles. The summed E-state index contributed by atoms with van der Waals surface area (Å²) in [5.74, 6) is 1.66. The van der Waals surface area contributed by atoms with Crippen LogP contribution in [0.5, 0.6) is 0 Å². The van der Waals surface area contributed by atoms with Crippen LogP contribution in [0.1, 0.15) is 33.6 Å². The first-order valence-electron chi connectivity index (χ1n) is 10.8. The Hall–Kier alpha value is -2.38. The Labute approximate surface area is 172 Å². The summed E-state index contributed by atoms with van der Waals surface area (Å²) in [5.41, 5.74) is -0.158. The first kappa shape index (κ1) is 19.9. The molecule has 0 saturated carbocycles. The van der Waals surface area contributed by atoms with Crippen molar-refractivity contribution < 1.29 is 9.59 Å². The van der Waals surface area contributed by atoms with Crippen LogP contribution in [0.3, 0.4) is 0 Å². The fourth-order valence-electron chi connectivity index (χ4n) is 5.45. The summed E-state index contributed by atoms with van der Waals surface area (Å²) in [7, 11) is 0. The van der Waals surface area contributed by atoms with Gasteiger partial charge in [-0.3, -0.25) is 4.79 Å². The number of urea groups is 1. The number of nitrogens with one attached hydrogen (secondary N) is 1. The van der Waals surface area contributed by atoms with Crippen LogP contribution in [-0.4, -0.2) is 76.5 Å². The van der Waals surface area contributed by atoms with E-state index in [0.717, 1.165) is 25.9 Å². The van der Waals surface area contributed by atoms with Gasteiger partial charge in [-0.05, 0) is 31.7 Å². The molecule has 4 rings (SSSR count). The quantitative estimate of drug-likeness (QED) is 0.830. The summed E-state index contributed by atoms with van der Waals surface area (Å²) < 4.78 is 0. The average molecular weight is 401 g/mol. The minimum Gasteiger partial charge on any atom is -0.340 e. The van der Waals surface area contributed by atoms with E-state index in [4.69, 9.17) is 0 Å². The third kappa shape index (κ3) is 3.42. The number of rotatable bonds is 4. The van der Waals surface area contributed by atoms with Crippen molar-refractivity contribution in [3.63, 3.8) is 0 Å². The number of nitrogens with zero attached hydrogens (tertiary/aromatic N) is 5. The molecule has 2 atom stereocenters. The second kappa shape index (κ2) is 7.80. The van der Waals surface area contributed by atoms with Gasteiger partial charge in [-0.15, -0.1) is 0 Å². The maximum Gasteiger partial charge on any atom is 0.317 e. The number of hydrogen-bond donors (Lipinski definition) is 1. The largest absolute Gasteiger partial charge is 0.340 e. The fraction of sp³-hybridized carbons (Fsp3) is 0.714. The number of aromatic nitrogens is 2. The van der Waals surface area contributed by atoms with Crippen molar-refractivity contribution in [2.45, 2.75) is 39.2 Å². The van der Waals surface area contributed by atoms with E-state index in [1.807, 2.05) is 11.0 Å². The molecule has 1 N–H and O–H groups in total. The minimum absolute atomic E-state index is 0.0000682. The second-order valence-corrected chi connectivity index (χ2v) is 8.92. The Morgan fingerprint density at radius 1 is 1.24 bits per heavy atom. The molecule has 8 nitrogen and oxygen atoms in total. The van der Waals surface area contributed by atoms with Gasteiger partial charge in [0.2, 0.25) is 11.9 Å². The lowest BCUT2D eigenvalue weighted by molar-refractivity contribution is -0.134. The van der Waals surface area contributed by atoms with Crippen molar-refractivity contribution in [3.05, 3.63) is 18.5 Å². The van der Waals surface area contributed by atoms with Crippen LogP contribution in [0.25, 0.3) is 0 Å². The molecule has 0 radical (unpaired) electrons. The molecule has 3 saturated heterocycles. The SMILES string of the molecule is CCN1C(=O)[C@H]2CN(c3ncccn3)C[C@H]2C12CCN(C(=O)NCC(C)C)CC2. The third-order valence-electron chi connectivity index (χ3n) is 6.86. The topological polar surface area (TPSA) is 81.7 Å². The van der Waals surface area contributed by atoms with Crippen LogP contribution >= 0.6 is 0 Å². The first-order valence-corrected chi connectivity index (χ1v) is 10.8. The average Bonchev–Trinajstić information content (AvgIpc) is 3.26. The zero-order valence-electron chi connectivity index (χ0n) is 17.7. The molecule has 3 amide bonds. The van der Waals surface area contributed by atoms with Gasteiger partial charge in [0.15, 0.2) is 0 Å². The number of hydrogen-bond acceptors (Lipinski definition) is 5. The van der Waals surface area contributed by atoms with Crippen molar-refractivity contribution in [2.24, 2.45) is 17.8 Å². The molecule has 8 heteroatoms. The molecule has 0 aromatic carbocycles. The van der Waals surface area contributed by atoms with E-state index < -0.39 is 0 Å². The number of amides is 3. The van der Waals surface area contributed by atoms with E-state index in [9.17, 15) is 9.59 Å². The summed E-state index contributed by atoms with van der Waals surface area (Å²) in [6.45, 7) is 10.6. The molecular weight excluding hydrogens is 368 g/mol. The standard InChI is InChI=1S/C21H32N6O2/c1-4-27-18(28)16-13-26(19-22-8-5-9-23-19)14-17(16)21(27)6-10-25(11-7-21)20(29)24-12-15(2)3/h5,8-9,15-17H,4,6-7,10-14H2,1-3H3,(H,24,29)/t16-,17+/m0/s1. The third-order valence-corrected chi connectivity index (χ3v) is 6.86. The van der Waals surface area contributed by atoms with Gasteiger partial charge in [0.05, 0.1) is 11.5 Å². The normalized spacial score (nSPS) is 25.8. The van der Waals surface area contributed by atoms with Gasteiger partial charge in [-0.2, -0.15) is 0 Å². The maximum absolute atomic E-state index is 13.2. The molecule has 3 fully saturated rings. The van der Waals surface area contributed by atoms with Gasteiger partial charge in [0.25, 0.3) is 0 Å². The van der Waals surface area contributed by atoms with Crippen molar-refractivity contribution in [3.8, 4) is 0 Å². The Balaban J connectivity index is 1.49. The van der Waals surface area contributed by atoms with Crippen LogP contribution in [0, 0.1) is 17.8 Å². The predicted molar refractivity (Wildman–Crippen MR) is 110 cm³/mol. The van der Waals surface area contributed by atoms with E-state index in [2.05, 4.69) is 45.9 Å². The van der Waals surface area contributed by atoms with Crippen LogP contribution in [0.15, 0.2) is 18.5 Å². The van der Waals surface area contributed by atoms with E-state index >= 15 is 0 Å². The number of anilines is 1. The Morgan fingerprint density at radius 2 is 1.93 bits per heavy atom.